The second kappa shape index (κ2) is 15.2. The number of methoxy groups -OCH3 is 1. The molecule has 0 spiro atoms. The number of thiazole rings is 1. The molecule has 0 atom stereocenters. The van der Waals surface area contributed by atoms with Crippen molar-refractivity contribution in [3.05, 3.63) is 34.9 Å². The summed E-state index contributed by atoms with van der Waals surface area (Å²) in [5.74, 6) is 1.82. The normalized spacial score (nSPS) is 10.8. The topological polar surface area (TPSA) is 73.4 Å². The van der Waals surface area contributed by atoms with Gasteiger partial charge in [-0.05, 0) is 58.1 Å². The number of aromatic nitrogens is 1. The Morgan fingerprint density at radius 1 is 0.921 bits per heavy atom. The molecule has 0 saturated carbocycles. The van der Waals surface area contributed by atoms with Crippen LogP contribution in [0, 0.1) is 0 Å². The molecule has 2 aromatic carbocycles. The first-order valence-corrected chi connectivity index (χ1v) is 13.8. The van der Waals surface area contributed by atoms with E-state index in [1.165, 1.54) is 11.3 Å². The minimum atomic E-state index is -0.216. The van der Waals surface area contributed by atoms with Crippen LogP contribution in [0.3, 0.4) is 0 Å². The maximum atomic E-state index is 14.1. The maximum absolute atomic E-state index is 14.1. The summed E-state index contributed by atoms with van der Waals surface area (Å²) in [6, 6.07) is 6.99. The molecule has 0 saturated heterocycles. The molecule has 0 N–H and O–H groups in total. The molecule has 0 bridgehead atoms. The fraction of sp³-hybridized carbons (Fsp3) is 0.481. The van der Waals surface area contributed by atoms with Gasteiger partial charge in [0.1, 0.15) is 11.3 Å². The van der Waals surface area contributed by atoms with Crippen molar-refractivity contribution in [1.29, 1.82) is 0 Å². The van der Waals surface area contributed by atoms with E-state index in [2.05, 4.69) is 18.7 Å². The number of nitrogens with zero attached hydrogens (tertiary/aromatic N) is 3. The van der Waals surface area contributed by atoms with Gasteiger partial charge in [-0.25, -0.2) is 4.98 Å². The van der Waals surface area contributed by atoms with E-state index in [1.54, 1.807) is 36.3 Å². The number of carbonyl (C=O) groups excluding carboxylic acids is 1. The van der Waals surface area contributed by atoms with E-state index >= 15 is 0 Å². The molecule has 210 valence electrons. The Balaban J connectivity index is 0.00000507. The number of benzene rings is 2. The smallest absolute Gasteiger partial charge is 0.260 e. The van der Waals surface area contributed by atoms with Crippen LogP contribution >= 0.6 is 35.3 Å². The van der Waals surface area contributed by atoms with Gasteiger partial charge in [0.15, 0.2) is 16.6 Å². The highest BCUT2D eigenvalue weighted by Gasteiger charge is 2.26. The van der Waals surface area contributed by atoms with Gasteiger partial charge in [-0.2, -0.15) is 0 Å². The number of amides is 1. The second-order valence-electron chi connectivity index (χ2n) is 8.01. The van der Waals surface area contributed by atoms with Crippen molar-refractivity contribution in [2.75, 3.05) is 58.0 Å². The highest BCUT2D eigenvalue weighted by molar-refractivity contribution is 7.23. The summed E-state index contributed by atoms with van der Waals surface area (Å²) in [6.07, 6.45) is 0. The number of halogens is 2. The highest BCUT2D eigenvalue weighted by Crippen LogP contribution is 2.41. The number of anilines is 1. The first-order chi connectivity index (χ1) is 17.9. The number of hydrogen-bond acceptors (Lipinski definition) is 8. The van der Waals surface area contributed by atoms with Gasteiger partial charge >= 0.3 is 0 Å². The van der Waals surface area contributed by atoms with Crippen molar-refractivity contribution in [1.82, 2.24) is 9.88 Å². The van der Waals surface area contributed by atoms with Crippen LogP contribution in [0.2, 0.25) is 5.02 Å². The summed E-state index contributed by atoms with van der Waals surface area (Å²) in [5, 5.41) is 1.11. The molecule has 1 amide bonds. The molecule has 0 fully saturated rings. The average Bonchev–Trinajstić information content (AvgIpc) is 3.35. The van der Waals surface area contributed by atoms with Gasteiger partial charge in [0.2, 0.25) is 5.75 Å². The Hall–Kier alpha value is -2.46. The molecule has 8 nitrogen and oxygen atoms in total. The molecule has 1 heterocycles. The van der Waals surface area contributed by atoms with Gasteiger partial charge in [-0.3, -0.25) is 9.69 Å². The van der Waals surface area contributed by atoms with Gasteiger partial charge < -0.3 is 23.8 Å². The molecule has 0 radical (unpaired) electrons. The third-order valence-corrected chi connectivity index (χ3v) is 7.37. The monoisotopic (exact) mass is 585 g/mol. The highest BCUT2D eigenvalue weighted by atomic mass is 35.5. The zero-order chi connectivity index (χ0) is 26.9. The molecule has 38 heavy (non-hydrogen) atoms. The lowest BCUT2D eigenvalue weighted by molar-refractivity contribution is 0.0982. The summed E-state index contributed by atoms with van der Waals surface area (Å²) in [5.41, 5.74) is 1.06. The van der Waals surface area contributed by atoms with Crippen LogP contribution < -0.4 is 23.8 Å². The fourth-order valence-corrected chi connectivity index (χ4v) is 5.24. The van der Waals surface area contributed by atoms with E-state index in [0.717, 1.165) is 17.8 Å². The van der Waals surface area contributed by atoms with Crippen molar-refractivity contribution < 1.29 is 23.7 Å². The van der Waals surface area contributed by atoms with Gasteiger partial charge in [-0.15, -0.1) is 12.4 Å². The van der Waals surface area contributed by atoms with Crippen LogP contribution in [0.4, 0.5) is 5.13 Å². The van der Waals surface area contributed by atoms with Crippen LogP contribution in [0.1, 0.15) is 45.0 Å². The number of ether oxygens (including phenoxy) is 4. The van der Waals surface area contributed by atoms with Crippen molar-refractivity contribution in [2.24, 2.45) is 0 Å². The van der Waals surface area contributed by atoms with E-state index in [-0.39, 0.29) is 18.3 Å². The Bertz CT molecular complexity index is 1180. The molecule has 0 aliphatic carbocycles. The summed E-state index contributed by atoms with van der Waals surface area (Å²) in [4.78, 5) is 22.8. The summed E-state index contributed by atoms with van der Waals surface area (Å²) >= 11 is 7.86. The standard InChI is InChI=1S/C27H36ClN3O5S.ClH/c1-7-30(8-2)14-15-31(27-29-23-20(33-6)13-12-19(28)25(23)37-27)26(32)18-16-21(34-9-3)24(36-11-5)22(17-18)35-10-4;/h12-13,16-17H,7-11,14-15H2,1-6H3;1H. The molecule has 3 rings (SSSR count). The number of hydrogen-bond donors (Lipinski definition) is 0. The third kappa shape index (κ3) is 7.14. The molecule has 0 aliphatic heterocycles. The number of fused-ring (bicyclic) bond motifs is 1. The van der Waals surface area contributed by atoms with Crippen molar-refractivity contribution in [3.63, 3.8) is 0 Å². The number of rotatable bonds is 14. The zero-order valence-electron chi connectivity index (χ0n) is 22.8. The van der Waals surface area contributed by atoms with Crippen LogP contribution in [0.25, 0.3) is 10.2 Å². The SMILES string of the molecule is CCOc1cc(C(=O)N(CCN(CC)CC)c2nc3c(OC)ccc(Cl)c3s2)cc(OCC)c1OCC.Cl. The van der Waals surface area contributed by atoms with E-state index in [1.807, 2.05) is 20.8 Å². The molecule has 0 aliphatic rings. The number of carbonyl (C=O) groups is 1. The van der Waals surface area contributed by atoms with E-state index < -0.39 is 0 Å². The minimum absolute atomic E-state index is 0. The van der Waals surface area contributed by atoms with E-state index in [0.29, 0.717) is 77.1 Å². The quantitative estimate of drug-likeness (QED) is 0.212. The third-order valence-electron chi connectivity index (χ3n) is 5.83. The zero-order valence-corrected chi connectivity index (χ0v) is 25.2. The van der Waals surface area contributed by atoms with Gasteiger partial charge in [-0.1, -0.05) is 36.8 Å². The Labute approximate surface area is 240 Å². The average molecular weight is 587 g/mol. The summed E-state index contributed by atoms with van der Waals surface area (Å²) < 4.78 is 23.8. The largest absolute Gasteiger partial charge is 0.494 e. The maximum Gasteiger partial charge on any atom is 0.260 e. The van der Waals surface area contributed by atoms with Crippen molar-refractivity contribution in [3.8, 4) is 23.0 Å². The van der Waals surface area contributed by atoms with Gasteiger partial charge in [0, 0.05) is 18.7 Å². The summed E-state index contributed by atoms with van der Waals surface area (Å²) in [7, 11) is 1.59. The van der Waals surface area contributed by atoms with Gasteiger partial charge in [0.25, 0.3) is 5.91 Å². The minimum Gasteiger partial charge on any atom is -0.494 e. The van der Waals surface area contributed by atoms with E-state index in [9.17, 15) is 4.79 Å². The predicted molar refractivity (Wildman–Crippen MR) is 158 cm³/mol. The van der Waals surface area contributed by atoms with Gasteiger partial charge in [0.05, 0.1) is 36.7 Å². The van der Waals surface area contributed by atoms with E-state index in [4.69, 9.17) is 35.5 Å². The lowest BCUT2D eigenvalue weighted by atomic mass is 10.1. The lowest BCUT2D eigenvalue weighted by Crippen LogP contribution is -2.39. The lowest BCUT2D eigenvalue weighted by Gasteiger charge is -2.25. The molecule has 0 unspecified atom stereocenters. The molecular formula is C27H37Cl2N3O5S. The number of likely N-dealkylation sites (N-methyl/N-ethyl adjacent to an activating group) is 1. The molecule has 11 heteroatoms. The molecule has 1 aromatic heterocycles. The predicted octanol–water partition coefficient (Wildman–Crippen LogP) is 6.56. The van der Waals surface area contributed by atoms with Crippen LogP contribution in [-0.2, 0) is 0 Å². The van der Waals surface area contributed by atoms with Crippen molar-refractivity contribution in [2.45, 2.75) is 34.6 Å². The Kier molecular flexibility index (Phi) is 12.7. The van der Waals surface area contributed by atoms with Crippen molar-refractivity contribution >= 4 is 56.6 Å². The Morgan fingerprint density at radius 2 is 1.53 bits per heavy atom. The fourth-order valence-electron chi connectivity index (χ4n) is 3.95. The Morgan fingerprint density at radius 3 is 2.05 bits per heavy atom. The van der Waals surface area contributed by atoms with Crippen LogP contribution in [-0.4, -0.2) is 68.9 Å². The first-order valence-electron chi connectivity index (χ1n) is 12.7. The molecule has 3 aromatic rings. The summed E-state index contributed by atoms with van der Waals surface area (Å²) in [6.45, 7) is 14.1. The second-order valence-corrected chi connectivity index (χ2v) is 9.39. The first kappa shape index (κ1) is 31.8. The molecular weight excluding hydrogens is 549 g/mol. The van der Waals surface area contributed by atoms with Crippen LogP contribution in [0.15, 0.2) is 24.3 Å². The van der Waals surface area contributed by atoms with Crippen LogP contribution in [0.5, 0.6) is 23.0 Å².